The predicted octanol–water partition coefficient (Wildman–Crippen LogP) is 4.32. The highest BCUT2D eigenvalue weighted by Crippen LogP contribution is 2.26. The summed E-state index contributed by atoms with van der Waals surface area (Å²) in [5.41, 5.74) is 2.86. The number of rotatable bonds is 9. The van der Waals surface area contributed by atoms with Gasteiger partial charge in [0, 0.05) is 18.6 Å². The maximum atomic E-state index is 13.7. The fraction of sp³-hybridized carbons (Fsp3) is 0.259. The largest absolute Gasteiger partial charge is 0.357 e. The van der Waals surface area contributed by atoms with E-state index in [1.165, 1.54) is 24.1 Å². The number of carbonyl (C=O) groups is 2. The van der Waals surface area contributed by atoms with E-state index in [0.29, 0.717) is 10.7 Å². The first-order chi connectivity index (χ1) is 17.0. The lowest BCUT2D eigenvalue weighted by Crippen LogP contribution is -2.50. The monoisotopic (exact) mass is 527 g/mol. The summed E-state index contributed by atoms with van der Waals surface area (Å²) in [6.07, 6.45) is 0. The number of halogens is 1. The lowest BCUT2D eigenvalue weighted by atomic mass is 10.1. The average molecular weight is 528 g/mol. The van der Waals surface area contributed by atoms with Gasteiger partial charge in [-0.15, -0.1) is 0 Å². The molecule has 0 aromatic heterocycles. The number of benzene rings is 3. The van der Waals surface area contributed by atoms with E-state index in [1.807, 2.05) is 19.9 Å². The topological polar surface area (TPSA) is 86.8 Å². The van der Waals surface area contributed by atoms with Crippen molar-refractivity contribution in [3.05, 3.63) is 94.5 Å². The van der Waals surface area contributed by atoms with Crippen molar-refractivity contribution in [3.63, 3.8) is 0 Å². The maximum Gasteiger partial charge on any atom is 0.264 e. The number of aryl methyl sites for hydroxylation is 2. The molecule has 1 N–H and O–H groups in total. The highest BCUT2D eigenvalue weighted by molar-refractivity contribution is 7.92. The van der Waals surface area contributed by atoms with Crippen LogP contribution in [0.2, 0.25) is 5.02 Å². The molecule has 0 saturated heterocycles. The lowest BCUT2D eigenvalue weighted by molar-refractivity contribution is -0.139. The third kappa shape index (κ3) is 6.44. The van der Waals surface area contributed by atoms with Gasteiger partial charge in [0.25, 0.3) is 10.0 Å². The Bertz CT molecular complexity index is 1310. The van der Waals surface area contributed by atoms with Crippen molar-refractivity contribution in [3.8, 4) is 0 Å². The number of amides is 2. The second kappa shape index (κ2) is 11.6. The Morgan fingerprint density at radius 1 is 0.944 bits per heavy atom. The molecule has 1 unspecified atom stereocenters. The highest BCUT2D eigenvalue weighted by atomic mass is 35.5. The summed E-state index contributed by atoms with van der Waals surface area (Å²) in [6.45, 7) is 4.98. The van der Waals surface area contributed by atoms with Gasteiger partial charge in [-0.05, 0) is 73.9 Å². The molecule has 2 amide bonds. The predicted molar refractivity (Wildman–Crippen MR) is 142 cm³/mol. The van der Waals surface area contributed by atoms with Crippen LogP contribution in [0.1, 0.15) is 23.6 Å². The van der Waals surface area contributed by atoms with Crippen LogP contribution in [0.3, 0.4) is 0 Å². The van der Waals surface area contributed by atoms with Crippen LogP contribution in [0.25, 0.3) is 0 Å². The standard InChI is InChI=1S/C27H30ClN3O4S/c1-19-14-20(2)16-24(15-19)31(36(34,35)25-8-6-5-7-9-25)18-26(32)30(21(3)27(33)29-4)17-22-10-12-23(28)13-11-22/h5-16,21H,17-18H2,1-4H3,(H,29,33). The molecule has 3 aromatic rings. The van der Waals surface area contributed by atoms with E-state index in [-0.39, 0.29) is 17.3 Å². The number of hydrogen-bond acceptors (Lipinski definition) is 4. The van der Waals surface area contributed by atoms with Crippen molar-refractivity contribution in [2.75, 3.05) is 17.9 Å². The summed E-state index contributed by atoms with van der Waals surface area (Å²) in [4.78, 5) is 27.7. The van der Waals surface area contributed by atoms with Crippen molar-refractivity contribution < 1.29 is 18.0 Å². The molecule has 0 fully saturated rings. The summed E-state index contributed by atoms with van der Waals surface area (Å²) in [5.74, 6) is -0.874. The van der Waals surface area contributed by atoms with Crippen molar-refractivity contribution in [2.45, 2.75) is 38.3 Å². The molecular weight excluding hydrogens is 498 g/mol. The van der Waals surface area contributed by atoms with Crippen LogP contribution >= 0.6 is 11.6 Å². The molecule has 0 spiro atoms. The number of likely N-dealkylation sites (N-methyl/N-ethyl adjacent to an activating group) is 1. The number of hydrogen-bond donors (Lipinski definition) is 1. The fourth-order valence-electron chi connectivity index (χ4n) is 3.92. The minimum Gasteiger partial charge on any atom is -0.357 e. The van der Waals surface area contributed by atoms with Crippen LogP contribution in [-0.2, 0) is 26.2 Å². The van der Waals surface area contributed by atoms with Gasteiger partial charge in [-0.2, -0.15) is 0 Å². The normalized spacial score (nSPS) is 12.0. The number of nitrogens with zero attached hydrogens (tertiary/aromatic N) is 2. The van der Waals surface area contributed by atoms with Crippen LogP contribution in [0, 0.1) is 13.8 Å². The van der Waals surface area contributed by atoms with Gasteiger partial charge in [0.15, 0.2) is 0 Å². The van der Waals surface area contributed by atoms with Crippen molar-refractivity contribution in [1.82, 2.24) is 10.2 Å². The molecule has 9 heteroatoms. The van der Waals surface area contributed by atoms with Gasteiger partial charge in [0.05, 0.1) is 10.6 Å². The molecule has 0 aliphatic carbocycles. The molecule has 0 aliphatic rings. The molecule has 0 saturated carbocycles. The SMILES string of the molecule is CNC(=O)C(C)N(Cc1ccc(Cl)cc1)C(=O)CN(c1cc(C)cc(C)c1)S(=O)(=O)c1ccccc1. The van der Waals surface area contributed by atoms with Gasteiger partial charge in [-0.1, -0.05) is 48.0 Å². The van der Waals surface area contributed by atoms with Crippen molar-refractivity contribution >= 4 is 39.1 Å². The van der Waals surface area contributed by atoms with Crippen LogP contribution in [0.5, 0.6) is 0 Å². The van der Waals surface area contributed by atoms with Crippen LogP contribution in [-0.4, -0.2) is 44.8 Å². The average Bonchev–Trinajstić information content (AvgIpc) is 2.85. The summed E-state index contributed by atoms with van der Waals surface area (Å²) >= 11 is 6.00. The number of anilines is 1. The van der Waals surface area contributed by atoms with Gasteiger partial charge < -0.3 is 10.2 Å². The van der Waals surface area contributed by atoms with Crippen molar-refractivity contribution in [1.29, 1.82) is 0 Å². The molecule has 36 heavy (non-hydrogen) atoms. The molecule has 3 aromatic carbocycles. The van der Waals surface area contributed by atoms with Crippen LogP contribution in [0.4, 0.5) is 5.69 Å². The van der Waals surface area contributed by atoms with E-state index in [9.17, 15) is 18.0 Å². The molecule has 3 rings (SSSR count). The summed E-state index contributed by atoms with van der Waals surface area (Å²) in [7, 11) is -2.59. The third-order valence-corrected chi connectivity index (χ3v) is 7.82. The van der Waals surface area contributed by atoms with E-state index >= 15 is 0 Å². The van der Waals surface area contributed by atoms with Gasteiger partial charge in [0.1, 0.15) is 12.6 Å². The molecule has 0 radical (unpaired) electrons. The molecule has 0 heterocycles. The second-order valence-electron chi connectivity index (χ2n) is 8.61. The molecule has 0 bridgehead atoms. The Morgan fingerprint density at radius 2 is 1.53 bits per heavy atom. The van der Waals surface area contributed by atoms with Gasteiger partial charge in [-0.3, -0.25) is 13.9 Å². The zero-order chi connectivity index (χ0) is 26.5. The van der Waals surface area contributed by atoms with E-state index < -0.39 is 28.5 Å². The molecule has 0 aliphatic heterocycles. The summed E-state index contributed by atoms with van der Waals surface area (Å²) in [5, 5.41) is 3.11. The molecule has 190 valence electrons. The highest BCUT2D eigenvalue weighted by Gasteiger charge is 2.32. The van der Waals surface area contributed by atoms with E-state index in [0.717, 1.165) is 21.0 Å². The zero-order valence-corrected chi connectivity index (χ0v) is 22.3. The minimum atomic E-state index is -4.08. The van der Waals surface area contributed by atoms with Gasteiger partial charge >= 0.3 is 0 Å². The molecule has 1 atom stereocenters. The van der Waals surface area contributed by atoms with Crippen molar-refractivity contribution in [2.24, 2.45) is 0 Å². The van der Waals surface area contributed by atoms with E-state index in [4.69, 9.17) is 11.6 Å². The number of nitrogens with one attached hydrogen (secondary N) is 1. The van der Waals surface area contributed by atoms with Gasteiger partial charge in [-0.25, -0.2) is 8.42 Å². The first-order valence-corrected chi connectivity index (χ1v) is 13.3. The molecular formula is C27H30ClN3O4S. The van der Waals surface area contributed by atoms with Crippen LogP contribution < -0.4 is 9.62 Å². The number of carbonyl (C=O) groups excluding carboxylic acids is 2. The Hall–Kier alpha value is -3.36. The summed E-state index contributed by atoms with van der Waals surface area (Å²) in [6, 6.07) is 19.5. The second-order valence-corrected chi connectivity index (χ2v) is 10.9. The zero-order valence-electron chi connectivity index (χ0n) is 20.7. The first-order valence-electron chi connectivity index (χ1n) is 11.4. The quantitative estimate of drug-likeness (QED) is 0.449. The van der Waals surface area contributed by atoms with E-state index in [2.05, 4.69) is 5.32 Å². The smallest absolute Gasteiger partial charge is 0.264 e. The maximum absolute atomic E-state index is 13.7. The Morgan fingerprint density at radius 3 is 2.08 bits per heavy atom. The summed E-state index contributed by atoms with van der Waals surface area (Å²) < 4.78 is 28.6. The van der Waals surface area contributed by atoms with Gasteiger partial charge in [0.2, 0.25) is 11.8 Å². The minimum absolute atomic E-state index is 0.0700. The Kier molecular flexibility index (Phi) is 8.76. The van der Waals surface area contributed by atoms with E-state index in [1.54, 1.807) is 61.5 Å². The number of sulfonamides is 1. The third-order valence-electron chi connectivity index (χ3n) is 5.78. The lowest BCUT2D eigenvalue weighted by Gasteiger charge is -2.32. The van der Waals surface area contributed by atoms with Crippen LogP contribution in [0.15, 0.2) is 77.7 Å². The Balaban J connectivity index is 2.05. The fourth-order valence-corrected chi connectivity index (χ4v) is 5.47. The first kappa shape index (κ1) is 27.2. The Labute approximate surface area is 217 Å². The molecule has 7 nitrogen and oxygen atoms in total.